The summed E-state index contributed by atoms with van der Waals surface area (Å²) in [7, 11) is 0. The van der Waals surface area contributed by atoms with Gasteiger partial charge < -0.3 is 10.2 Å². The number of nitrogens with one attached hydrogen (secondary N) is 1. The van der Waals surface area contributed by atoms with E-state index in [1.54, 1.807) is 17.0 Å². The molecule has 4 heteroatoms. The van der Waals surface area contributed by atoms with Gasteiger partial charge in [-0.3, -0.25) is 9.59 Å². The number of nitrogens with zero attached hydrogens (tertiary/aromatic N) is 1. The standard InChI is InChI=1S/C28H32N2O2/c1-5-30(24-11-7-6-8-12-24)28(32)25-13-9-10-14-26(25)29-27(31)21(4)23-17-15-22(16-18-23)19-20(2)3/h6-18,20-21H,5,19H2,1-4H3,(H,29,31). The summed E-state index contributed by atoms with van der Waals surface area (Å²) >= 11 is 0. The third kappa shape index (κ3) is 5.64. The molecule has 0 bridgehead atoms. The average Bonchev–Trinajstić information content (AvgIpc) is 2.80. The Labute approximate surface area is 191 Å². The summed E-state index contributed by atoms with van der Waals surface area (Å²) in [6.45, 7) is 8.75. The number of para-hydroxylation sites is 2. The van der Waals surface area contributed by atoms with Gasteiger partial charge in [0.25, 0.3) is 5.91 Å². The number of hydrogen-bond donors (Lipinski definition) is 1. The van der Waals surface area contributed by atoms with Crippen LogP contribution in [0.3, 0.4) is 0 Å². The molecule has 166 valence electrons. The van der Waals surface area contributed by atoms with Gasteiger partial charge in [0.1, 0.15) is 0 Å². The largest absolute Gasteiger partial charge is 0.325 e. The van der Waals surface area contributed by atoms with Crippen LogP contribution in [0.4, 0.5) is 11.4 Å². The Hall–Kier alpha value is -3.40. The summed E-state index contributed by atoms with van der Waals surface area (Å²) in [6, 6.07) is 25.0. The van der Waals surface area contributed by atoms with Crippen LogP contribution in [0.2, 0.25) is 0 Å². The SMILES string of the molecule is CCN(C(=O)c1ccccc1NC(=O)C(C)c1ccc(CC(C)C)cc1)c1ccccc1. The Morgan fingerprint density at radius 1 is 0.844 bits per heavy atom. The molecule has 3 aromatic rings. The summed E-state index contributed by atoms with van der Waals surface area (Å²) in [5.41, 5.74) is 4.06. The predicted molar refractivity (Wildman–Crippen MR) is 132 cm³/mol. The van der Waals surface area contributed by atoms with Crippen LogP contribution < -0.4 is 10.2 Å². The molecule has 0 aliphatic carbocycles. The van der Waals surface area contributed by atoms with Crippen molar-refractivity contribution in [3.63, 3.8) is 0 Å². The molecular weight excluding hydrogens is 396 g/mol. The van der Waals surface area contributed by atoms with Crippen molar-refractivity contribution in [2.75, 3.05) is 16.8 Å². The highest BCUT2D eigenvalue weighted by Crippen LogP contribution is 2.24. The smallest absolute Gasteiger partial charge is 0.260 e. The maximum Gasteiger partial charge on any atom is 0.260 e. The van der Waals surface area contributed by atoms with E-state index in [0.717, 1.165) is 17.7 Å². The zero-order valence-corrected chi connectivity index (χ0v) is 19.3. The van der Waals surface area contributed by atoms with E-state index in [2.05, 4.69) is 31.3 Å². The molecular formula is C28H32N2O2. The van der Waals surface area contributed by atoms with Crippen LogP contribution >= 0.6 is 0 Å². The molecule has 0 saturated carbocycles. The quantitative estimate of drug-likeness (QED) is 0.458. The minimum atomic E-state index is -0.331. The van der Waals surface area contributed by atoms with Crippen LogP contribution in [0.25, 0.3) is 0 Å². The molecule has 0 radical (unpaired) electrons. The molecule has 1 N–H and O–H groups in total. The van der Waals surface area contributed by atoms with Gasteiger partial charge in [0.15, 0.2) is 0 Å². The molecule has 0 spiro atoms. The van der Waals surface area contributed by atoms with Crippen LogP contribution in [0, 0.1) is 5.92 Å². The molecule has 32 heavy (non-hydrogen) atoms. The first-order chi connectivity index (χ1) is 15.4. The lowest BCUT2D eigenvalue weighted by Crippen LogP contribution is -2.31. The van der Waals surface area contributed by atoms with Crippen molar-refractivity contribution in [1.82, 2.24) is 0 Å². The van der Waals surface area contributed by atoms with E-state index in [9.17, 15) is 9.59 Å². The van der Waals surface area contributed by atoms with Crippen LogP contribution in [0.5, 0.6) is 0 Å². The predicted octanol–water partition coefficient (Wildman–Crippen LogP) is 6.29. The molecule has 1 unspecified atom stereocenters. The maximum atomic E-state index is 13.3. The van der Waals surface area contributed by atoms with Gasteiger partial charge in [0, 0.05) is 12.2 Å². The molecule has 1 atom stereocenters. The summed E-state index contributed by atoms with van der Waals surface area (Å²) in [5, 5.41) is 2.98. The fourth-order valence-electron chi connectivity index (χ4n) is 3.78. The highest BCUT2D eigenvalue weighted by Gasteiger charge is 2.22. The Morgan fingerprint density at radius 2 is 1.47 bits per heavy atom. The first-order valence-corrected chi connectivity index (χ1v) is 11.3. The minimum absolute atomic E-state index is 0.135. The van der Waals surface area contributed by atoms with Crippen LogP contribution in [-0.4, -0.2) is 18.4 Å². The number of amides is 2. The van der Waals surface area contributed by atoms with E-state index >= 15 is 0 Å². The van der Waals surface area contributed by atoms with Crippen molar-refractivity contribution in [3.8, 4) is 0 Å². The van der Waals surface area contributed by atoms with E-state index < -0.39 is 0 Å². The van der Waals surface area contributed by atoms with E-state index in [-0.39, 0.29) is 17.7 Å². The zero-order chi connectivity index (χ0) is 23.1. The highest BCUT2D eigenvalue weighted by molar-refractivity contribution is 6.11. The molecule has 0 saturated heterocycles. The fraction of sp³-hybridized carbons (Fsp3) is 0.286. The van der Waals surface area contributed by atoms with Crippen molar-refractivity contribution >= 4 is 23.2 Å². The topological polar surface area (TPSA) is 49.4 Å². The van der Waals surface area contributed by atoms with Gasteiger partial charge in [-0.1, -0.05) is 68.4 Å². The van der Waals surface area contributed by atoms with Crippen molar-refractivity contribution in [1.29, 1.82) is 0 Å². The summed E-state index contributed by atoms with van der Waals surface area (Å²) < 4.78 is 0. The van der Waals surface area contributed by atoms with Crippen LogP contribution in [0.1, 0.15) is 55.1 Å². The van der Waals surface area contributed by atoms with Gasteiger partial charge in [-0.2, -0.15) is 0 Å². The molecule has 3 rings (SSSR count). The van der Waals surface area contributed by atoms with Gasteiger partial charge in [-0.15, -0.1) is 0 Å². The second kappa shape index (κ2) is 10.8. The number of anilines is 2. The lowest BCUT2D eigenvalue weighted by molar-refractivity contribution is -0.117. The first-order valence-electron chi connectivity index (χ1n) is 11.3. The summed E-state index contributed by atoms with van der Waals surface area (Å²) in [6.07, 6.45) is 1.02. The summed E-state index contributed by atoms with van der Waals surface area (Å²) in [4.78, 5) is 28.1. The fourth-order valence-corrected chi connectivity index (χ4v) is 3.78. The Morgan fingerprint density at radius 3 is 2.09 bits per heavy atom. The number of carbonyl (C=O) groups excluding carboxylic acids is 2. The van der Waals surface area contributed by atoms with Crippen LogP contribution in [0.15, 0.2) is 78.9 Å². The molecule has 4 nitrogen and oxygen atoms in total. The molecule has 0 heterocycles. The second-order valence-corrected chi connectivity index (χ2v) is 8.48. The molecule has 0 aliphatic rings. The molecule has 3 aromatic carbocycles. The lowest BCUT2D eigenvalue weighted by Gasteiger charge is -2.23. The molecule has 0 fully saturated rings. The van der Waals surface area contributed by atoms with Crippen molar-refractivity contribution in [3.05, 3.63) is 95.6 Å². The second-order valence-electron chi connectivity index (χ2n) is 8.48. The van der Waals surface area contributed by atoms with Gasteiger partial charge in [-0.05, 0) is 61.6 Å². The van der Waals surface area contributed by atoms with Gasteiger partial charge in [-0.25, -0.2) is 0 Å². The number of carbonyl (C=O) groups is 2. The van der Waals surface area contributed by atoms with Crippen molar-refractivity contribution in [2.45, 2.75) is 40.0 Å². The van der Waals surface area contributed by atoms with E-state index in [4.69, 9.17) is 0 Å². The first kappa shape index (κ1) is 23.3. The van der Waals surface area contributed by atoms with E-state index in [0.29, 0.717) is 23.7 Å². The third-order valence-electron chi connectivity index (χ3n) is 5.56. The highest BCUT2D eigenvalue weighted by atomic mass is 16.2. The van der Waals surface area contributed by atoms with E-state index in [1.807, 2.05) is 68.4 Å². The zero-order valence-electron chi connectivity index (χ0n) is 19.3. The van der Waals surface area contributed by atoms with Crippen molar-refractivity contribution in [2.24, 2.45) is 5.92 Å². The monoisotopic (exact) mass is 428 g/mol. The molecule has 0 aliphatic heterocycles. The van der Waals surface area contributed by atoms with Gasteiger partial charge >= 0.3 is 0 Å². The van der Waals surface area contributed by atoms with Crippen LogP contribution in [-0.2, 0) is 11.2 Å². The van der Waals surface area contributed by atoms with Crippen molar-refractivity contribution < 1.29 is 9.59 Å². The van der Waals surface area contributed by atoms with Gasteiger partial charge in [0.2, 0.25) is 5.91 Å². The maximum absolute atomic E-state index is 13.3. The Kier molecular flexibility index (Phi) is 7.82. The number of rotatable bonds is 8. The summed E-state index contributed by atoms with van der Waals surface area (Å²) in [5.74, 6) is -0.0123. The number of hydrogen-bond acceptors (Lipinski definition) is 2. The normalized spacial score (nSPS) is 11.8. The lowest BCUT2D eigenvalue weighted by atomic mass is 9.96. The Balaban J connectivity index is 1.78. The number of benzene rings is 3. The third-order valence-corrected chi connectivity index (χ3v) is 5.56. The molecule has 0 aromatic heterocycles. The Bertz CT molecular complexity index is 1040. The molecule has 2 amide bonds. The average molecular weight is 429 g/mol. The van der Waals surface area contributed by atoms with E-state index in [1.165, 1.54) is 5.56 Å². The minimum Gasteiger partial charge on any atom is -0.325 e. The van der Waals surface area contributed by atoms with Gasteiger partial charge in [0.05, 0.1) is 17.2 Å².